The predicted molar refractivity (Wildman–Crippen MR) is 101 cm³/mol. The molecule has 0 radical (unpaired) electrons. The van der Waals surface area contributed by atoms with Crippen LogP contribution in [-0.4, -0.2) is 30.1 Å². The fraction of sp³-hybridized carbons (Fsp3) is 0.333. The van der Waals surface area contributed by atoms with Crippen molar-refractivity contribution in [3.05, 3.63) is 53.6 Å². The highest BCUT2D eigenvalue weighted by Crippen LogP contribution is 2.61. The SMILES string of the molecule is COc1cccc2c1N(c1ccc(CC[C@H](N)C(=O)O)cc1)C(=O)C21CC1. The van der Waals surface area contributed by atoms with Gasteiger partial charge < -0.3 is 15.6 Å². The van der Waals surface area contributed by atoms with Crippen molar-refractivity contribution in [3.8, 4) is 5.75 Å². The molecule has 6 heteroatoms. The Morgan fingerprint density at radius 2 is 1.96 bits per heavy atom. The Bertz CT molecular complexity index is 903. The van der Waals surface area contributed by atoms with E-state index in [0.717, 1.165) is 35.3 Å². The normalized spacial score (nSPS) is 17.7. The second-order valence-electron chi connectivity index (χ2n) is 7.23. The Kier molecular flexibility index (Phi) is 4.15. The van der Waals surface area contributed by atoms with Gasteiger partial charge in [0.15, 0.2) is 0 Å². The van der Waals surface area contributed by atoms with E-state index in [0.29, 0.717) is 18.6 Å². The number of hydrogen-bond donors (Lipinski definition) is 2. The van der Waals surface area contributed by atoms with E-state index in [4.69, 9.17) is 15.6 Å². The zero-order chi connectivity index (χ0) is 19.2. The minimum absolute atomic E-state index is 0.0997. The molecule has 2 aliphatic rings. The number of benzene rings is 2. The molecule has 0 bridgehead atoms. The minimum Gasteiger partial charge on any atom is -0.495 e. The summed E-state index contributed by atoms with van der Waals surface area (Å²) in [6.45, 7) is 0. The molecule has 1 heterocycles. The van der Waals surface area contributed by atoms with Gasteiger partial charge in [-0.15, -0.1) is 0 Å². The molecule has 1 aliphatic carbocycles. The summed E-state index contributed by atoms with van der Waals surface area (Å²) < 4.78 is 5.53. The first kappa shape index (κ1) is 17.5. The lowest BCUT2D eigenvalue weighted by Crippen LogP contribution is -2.30. The molecule has 6 nitrogen and oxygen atoms in total. The number of nitrogens with two attached hydrogens (primary N) is 1. The molecule has 1 amide bonds. The van der Waals surface area contributed by atoms with Gasteiger partial charge in [0, 0.05) is 5.69 Å². The number of rotatable bonds is 6. The second kappa shape index (κ2) is 6.39. The number of methoxy groups -OCH3 is 1. The molecule has 1 saturated carbocycles. The fourth-order valence-electron chi connectivity index (χ4n) is 3.85. The molecule has 27 heavy (non-hydrogen) atoms. The second-order valence-corrected chi connectivity index (χ2v) is 7.23. The van der Waals surface area contributed by atoms with Crippen LogP contribution in [0.3, 0.4) is 0 Å². The molecule has 0 aromatic heterocycles. The third kappa shape index (κ3) is 2.77. The van der Waals surface area contributed by atoms with Gasteiger partial charge in [0.2, 0.25) is 5.91 Å². The Morgan fingerprint density at radius 1 is 1.26 bits per heavy atom. The van der Waals surface area contributed by atoms with Crippen molar-refractivity contribution in [2.75, 3.05) is 12.0 Å². The number of carbonyl (C=O) groups excluding carboxylic acids is 1. The number of hydrogen-bond acceptors (Lipinski definition) is 4. The highest BCUT2D eigenvalue weighted by Gasteiger charge is 2.60. The zero-order valence-corrected chi connectivity index (χ0v) is 15.1. The number of anilines is 2. The highest BCUT2D eigenvalue weighted by atomic mass is 16.5. The number of carboxylic acids is 1. The molecule has 0 saturated heterocycles. The maximum absolute atomic E-state index is 13.2. The van der Waals surface area contributed by atoms with Crippen molar-refractivity contribution in [1.82, 2.24) is 0 Å². The largest absolute Gasteiger partial charge is 0.495 e. The van der Waals surface area contributed by atoms with E-state index in [1.165, 1.54) is 0 Å². The van der Waals surface area contributed by atoms with Crippen LogP contribution in [0.4, 0.5) is 11.4 Å². The number of amides is 1. The van der Waals surface area contributed by atoms with Crippen molar-refractivity contribution in [3.63, 3.8) is 0 Å². The summed E-state index contributed by atoms with van der Waals surface area (Å²) in [4.78, 5) is 25.8. The summed E-state index contributed by atoms with van der Waals surface area (Å²) in [5, 5.41) is 8.89. The van der Waals surface area contributed by atoms with E-state index >= 15 is 0 Å². The number of nitrogens with zero attached hydrogens (tertiary/aromatic N) is 1. The van der Waals surface area contributed by atoms with E-state index in [9.17, 15) is 9.59 Å². The predicted octanol–water partition coefficient (Wildman–Crippen LogP) is 2.75. The molecule has 3 N–H and O–H groups in total. The van der Waals surface area contributed by atoms with Crippen LogP contribution in [0.25, 0.3) is 0 Å². The Labute approximate surface area is 157 Å². The first-order valence-electron chi connectivity index (χ1n) is 9.07. The Hall–Kier alpha value is -2.86. The lowest BCUT2D eigenvalue weighted by molar-refractivity contribution is -0.138. The van der Waals surface area contributed by atoms with Crippen molar-refractivity contribution in [1.29, 1.82) is 0 Å². The summed E-state index contributed by atoms with van der Waals surface area (Å²) in [6.07, 6.45) is 2.68. The average molecular weight is 366 g/mol. The topological polar surface area (TPSA) is 92.9 Å². The van der Waals surface area contributed by atoms with Crippen molar-refractivity contribution < 1.29 is 19.4 Å². The molecule has 1 aliphatic heterocycles. The molecule has 2 aromatic rings. The molecule has 0 unspecified atom stereocenters. The standard InChI is InChI=1S/C21H22N2O4/c1-27-17-4-2-3-15-18(17)23(20(26)21(15)11-12-21)14-8-5-13(6-9-14)7-10-16(22)19(24)25/h2-6,8-9,16H,7,10-12,22H2,1H3,(H,24,25)/t16-/m0/s1. The van der Waals surface area contributed by atoms with Gasteiger partial charge in [-0.25, -0.2) is 0 Å². The maximum atomic E-state index is 13.2. The number of carbonyl (C=O) groups is 2. The maximum Gasteiger partial charge on any atom is 0.320 e. The number of ether oxygens (including phenoxy) is 1. The van der Waals surface area contributed by atoms with E-state index in [1.807, 2.05) is 42.5 Å². The van der Waals surface area contributed by atoms with Crippen LogP contribution in [0.2, 0.25) is 0 Å². The first-order chi connectivity index (χ1) is 13.0. The molecule has 140 valence electrons. The fourth-order valence-corrected chi connectivity index (χ4v) is 3.85. The lowest BCUT2D eigenvalue weighted by Gasteiger charge is -2.20. The molecule has 1 fully saturated rings. The monoisotopic (exact) mass is 366 g/mol. The number of para-hydroxylation sites is 1. The van der Waals surface area contributed by atoms with Crippen molar-refractivity contribution >= 4 is 23.3 Å². The van der Waals surface area contributed by atoms with Crippen molar-refractivity contribution in [2.45, 2.75) is 37.1 Å². The van der Waals surface area contributed by atoms with Crippen molar-refractivity contribution in [2.24, 2.45) is 5.73 Å². The number of aryl methyl sites for hydroxylation is 1. The van der Waals surface area contributed by atoms with Gasteiger partial charge in [-0.1, -0.05) is 24.3 Å². The number of aliphatic carboxylic acids is 1. The van der Waals surface area contributed by atoms with E-state index in [-0.39, 0.29) is 5.91 Å². The third-order valence-corrected chi connectivity index (χ3v) is 5.58. The Morgan fingerprint density at radius 3 is 2.56 bits per heavy atom. The van der Waals surface area contributed by atoms with Crippen LogP contribution in [0, 0.1) is 0 Å². The summed E-state index contributed by atoms with van der Waals surface area (Å²) in [7, 11) is 1.62. The van der Waals surface area contributed by atoms with E-state index in [2.05, 4.69) is 0 Å². The minimum atomic E-state index is -0.993. The van der Waals surface area contributed by atoms with Gasteiger partial charge in [0.05, 0.1) is 18.2 Å². The summed E-state index contributed by atoms with van der Waals surface area (Å²) in [5.41, 5.74) is 8.84. The van der Waals surface area contributed by atoms with Gasteiger partial charge in [-0.3, -0.25) is 14.5 Å². The molecular weight excluding hydrogens is 344 g/mol. The van der Waals surface area contributed by atoms with Crippen LogP contribution >= 0.6 is 0 Å². The summed E-state index contributed by atoms with van der Waals surface area (Å²) in [6, 6.07) is 12.6. The van der Waals surface area contributed by atoms with E-state index in [1.54, 1.807) is 12.0 Å². The van der Waals surface area contributed by atoms with Crippen LogP contribution in [0.1, 0.15) is 30.4 Å². The van der Waals surface area contributed by atoms with Crippen LogP contribution in [-0.2, 0) is 21.4 Å². The summed E-state index contributed by atoms with van der Waals surface area (Å²) in [5.74, 6) is -0.198. The summed E-state index contributed by atoms with van der Waals surface area (Å²) >= 11 is 0. The van der Waals surface area contributed by atoms with Gasteiger partial charge in [-0.05, 0) is 55.0 Å². The highest BCUT2D eigenvalue weighted by molar-refractivity contribution is 6.15. The lowest BCUT2D eigenvalue weighted by atomic mass is 9.98. The first-order valence-corrected chi connectivity index (χ1v) is 9.07. The number of fused-ring (bicyclic) bond motifs is 2. The Balaban J connectivity index is 1.63. The van der Waals surface area contributed by atoms with Gasteiger partial charge in [0.1, 0.15) is 11.8 Å². The van der Waals surface area contributed by atoms with Gasteiger partial charge in [0.25, 0.3) is 0 Å². The van der Waals surface area contributed by atoms with Crippen LogP contribution in [0.5, 0.6) is 5.75 Å². The van der Waals surface area contributed by atoms with Gasteiger partial charge >= 0.3 is 5.97 Å². The van der Waals surface area contributed by atoms with Crippen LogP contribution < -0.4 is 15.4 Å². The van der Waals surface area contributed by atoms with Gasteiger partial charge in [-0.2, -0.15) is 0 Å². The zero-order valence-electron chi connectivity index (χ0n) is 15.1. The smallest absolute Gasteiger partial charge is 0.320 e. The molecule has 2 aromatic carbocycles. The van der Waals surface area contributed by atoms with Crippen LogP contribution in [0.15, 0.2) is 42.5 Å². The molecular formula is C21H22N2O4. The molecule has 1 spiro atoms. The van der Waals surface area contributed by atoms with E-state index < -0.39 is 17.4 Å². The number of carboxylic acid groups (broad SMARTS) is 1. The third-order valence-electron chi connectivity index (χ3n) is 5.58. The molecule has 4 rings (SSSR count). The molecule has 1 atom stereocenters. The average Bonchev–Trinajstić information content (AvgIpc) is 3.44. The quantitative estimate of drug-likeness (QED) is 0.820.